The minimum atomic E-state index is 0.253. The van der Waals surface area contributed by atoms with Crippen molar-refractivity contribution in [2.24, 2.45) is 5.92 Å². The van der Waals surface area contributed by atoms with E-state index in [2.05, 4.69) is 21.4 Å². The Labute approximate surface area is 145 Å². The van der Waals surface area contributed by atoms with Crippen LogP contribution in [0, 0.1) is 5.92 Å². The van der Waals surface area contributed by atoms with Crippen molar-refractivity contribution in [2.75, 3.05) is 13.1 Å². The van der Waals surface area contributed by atoms with Crippen LogP contribution in [-0.2, 0) is 17.6 Å². The Kier molecular flexibility index (Phi) is 4.34. The summed E-state index contributed by atoms with van der Waals surface area (Å²) in [5.74, 6) is 1.78. The van der Waals surface area contributed by atoms with Gasteiger partial charge < -0.3 is 9.88 Å². The van der Waals surface area contributed by atoms with Gasteiger partial charge in [-0.05, 0) is 53.3 Å². The van der Waals surface area contributed by atoms with E-state index in [1.54, 1.807) is 11.3 Å². The minimum Gasteiger partial charge on any atom is -0.342 e. The highest BCUT2D eigenvalue weighted by Gasteiger charge is 2.24. The molecule has 4 rings (SSSR count). The fraction of sp³-hybridized carbons (Fsp3) is 0.368. The number of amides is 1. The highest BCUT2D eigenvalue weighted by Crippen LogP contribution is 2.22. The number of benzene rings is 1. The molecule has 24 heavy (non-hydrogen) atoms. The van der Waals surface area contributed by atoms with Gasteiger partial charge >= 0.3 is 0 Å². The lowest BCUT2D eigenvalue weighted by atomic mass is 9.94. The van der Waals surface area contributed by atoms with Gasteiger partial charge in [-0.1, -0.05) is 12.1 Å². The second kappa shape index (κ2) is 6.77. The molecule has 3 heterocycles. The fourth-order valence-electron chi connectivity index (χ4n) is 3.51. The number of piperidine rings is 1. The summed E-state index contributed by atoms with van der Waals surface area (Å²) in [5, 5.41) is 4.09. The fourth-order valence-corrected chi connectivity index (χ4v) is 4.18. The van der Waals surface area contributed by atoms with E-state index in [9.17, 15) is 4.79 Å². The number of nitrogens with zero attached hydrogens (tertiary/aromatic N) is 2. The molecule has 1 aliphatic heterocycles. The topological polar surface area (TPSA) is 49.0 Å². The lowest BCUT2D eigenvalue weighted by Gasteiger charge is -2.32. The molecule has 4 nitrogen and oxygen atoms in total. The zero-order valence-corrected chi connectivity index (χ0v) is 14.4. The van der Waals surface area contributed by atoms with E-state index < -0.39 is 0 Å². The molecule has 0 saturated carbocycles. The number of rotatable bonds is 4. The molecule has 3 aromatic rings. The predicted octanol–water partition coefficient (Wildman–Crippen LogP) is 3.65. The van der Waals surface area contributed by atoms with Crippen molar-refractivity contribution in [1.29, 1.82) is 0 Å². The summed E-state index contributed by atoms with van der Waals surface area (Å²) >= 11 is 1.65. The van der Waals surface area contributed by atoms with Crippen LogP contribution in [0.3, 0.4) is 0 Å². The number of nitrogens with one attached hydrogen (secondary N) is 1. The summed E-state index contributed by atoms with van der Waals surface area (Å²) in [7, 11) is 0. The van der Waals surface area contributed by atoms with Crippen molar-refractivity contribution in [1.82, 2.24) is 14.9 Å². The number of hydrogen-bond donors (Lipinski definition) is 1. The molecule has 0 unspecified atom stereocenters. The van der Waals surface area contributed by atoms with Crippen molar-refractivity contribution >= 4 is 28.3 Å². The first kappa shape index (κ1) is 15.4. The third kappa shape index (κ3) is 3.36. The Bertz CT molecular complexity index is 791. The second-order valence-electron chi connectivity index (χ2n) is 6.56. The number of imidazole rings is 1. The van der Waals surface area contributed by atoms with E-state index in [-0.39, 0.29) is 5.91 Å². The maximum Gasteiger partial charge on any atom is 0.227 e. The van der Waals surface area contributed by atoms with Crippen LogP contribution in [0.25, 0.3) is 11.0 Å². The number of fused-ring (bicyclic) bond motifs is 1. The molecule has 1 saturated heterocycles. The minimum absolute atomic E-state index is 0.253. The van der Waals surface area contributed by atoms with E-state index in [1.165, 1.54) is 6.42 Å². The monoisotopic (exact) mass is 339 g/mol. The smallest absolute Gasteiger partial charge is 0.227 e. The Morgan fingerprint density at radius 3 is 3.08 bits per heavy atom. The van der Waals surface area contributed by atoms with Crippen LogP contribution >= 0.6 is 11.3 Å². The van der Waals surface area contributed by atoms with Crippen LogP contribution in [0.1, 0.15) is 24.2 Å². The first-order valence-corrected chi connectivity index (χ1v) is 9.45. The molecular formula is C19H21N3OS. The highest BCUT2D eigenvalue weighted by atomic mass is 32.1. The zero-order valence-electron chi connectivity index (χ0n) is 13.6. The molecule has 1 aromatic carbocycles. The SMILES string of the molecule is O=C(Cc1ccsc1)N1CCC[C@@H](Cc2nc3ccccc3[nH]2)C1. The van der Waals surface area contributed by atoms with Gasteiger partial charge in [0.05, 0.1) is 17.5 Å². The van der Waals surface area contributed by atoms with Gasteiger partial charge in [-0.2, -0.15) is 11.3 Å². The molecule has 5 heteroatoms. The number of aromatic amines is 1. The van der Waals surface area contributed by atoms with Crippen LogP contribution in [-0.4, -0.2) is 33.9 Å². The van der Waals surface area contributed by atoms with Gasteiger partial charge in [0, 0.05) is 19.5 Å². The Morgan fingerprint density at radius 1 is 1.33 bits per heavy atom. The molecule has 1 atom stereocenters. The van der Waals surface area contributed by atoms with Gasteiger partial charge in [0.1, 0.15) is 5.82 Å². The van der Waals surface area contributed by atoms with Gasteiger partial charge in [-0.15, -0.1) is 0 Å². The Hall–Kier alpha value is -2.14. The molecule has 124 valence electrons. The average molecular weight is 339 g/mol. The Morgan fingerprint density at radius 2 is 2.25 bits per heavy atom. The number of carbonyl (C=O) groups is 1. The summed E-state index contributed by atoms with van der Waals surface area (Å²) in [5.41, 5.74) is 3.24. The normalized spacial score (nSPS) is 18.2. The van der Waals surface area contributed by atoms with E-state index in [4.69, 9.17) is 0 Å². The largest absolute Gasteiger partial charge is 0.342 e. The molecule has 0 aliphatic carbocycles. The number of aromatic nitrogens is 2. The average Bonchev–Trinajstić information content (AvgIpc) is 3.23. The molecule has 1 N–H and O–H groups in total. The highest BCUT2D eigenvalue weighted by molar-refractivity contribution is 7.08. The summed E-state index contributed by atoms with van der Waals surface area (Å²) < 4.78 is 0. The summed E-state index contributed by atoms with van der Waals surface area (Å²) in [4.78, 5) is 22.6. The van der Waals surface area contributed by atoms with Crippen LogP contribution in [0.2, 0.25) is 0 Å². The van der Waals surface area contributed by atoms with Gasteiger partial charge in [-0.3, -0.25) is 4.79 Å². The van der Waals surface area contributed by atoms with Crippen LogP contribution in [0.4, 0.5) is 0 Å². The van der Waals surface area contributed by atoms with E-state index in [1.807, 2.05) is 34.5 Å². The zero-order chi connectivity index (χ0) is 16.4. The van der Waals surface area contributed by atoms with Crippen molar-refractivity contribution in [3.05, 3.63) is 52.5 Å². The summed E-state index contributed by atoms with van der Waals surface area (Å²) in [6, 6.07) is 10.2. The Balaban J connectivity index is 1.40. The molecule has 1 fully saturated rings. The first-order chi connectivity index (χ1) is 11.8. The molecule has 0 bridgehead atoms. The van der Waals surface area contributed by atoms with Crippen molar-refractivity contribution < 1.29 is 4.79 Å². The molecule has 1 aliphatic rings. The van der Waals surface area contributed by atoms with Gasteiger partial charge in [-0.25, -0.2) is 4.98 Å². The molecule has 2 aromatic heterocycles. The standard InChI is InChI=1S/C19H21N3OS/c23-19(11-15-7-9-24-13-15)22-8-3-4-14(12-22)10-18-20-16-5-1-2-6-17(16)21-18/h1-2,5-7,9,13-14H,3-4,8,10-12H2,(H,20,21)/t14-/m0/s1. The van der Waals surface area contributed by atoms with Crippen LogP contribution in [0.15, 0.2) is 41.1 Å². The molecular weight excluding hydrogens is 318 g/mol. The molecule has 1 amide bonds. The van der Waals surface area contributed by atoms with Gasteiger partial charge in [0.25, 0.3) is 0 Å². The number of para-hydroxylation sites is 2. The van der Waals surface area contributed by atoms with E-state index in [0.717, 1.165) is 48.4 Å². The number of H-pyrrole nitrogens is 1. The van der Waals surface area contributed by atoms with Crippen molar-refractivity contribution in [3.63, 3.8) is 0 Å². The predicted molar refractivity (Wildman–Crippen MR) is 97.1 cm³/mol. The van der Waals surface area contributed by atoms with Crippen molar-refractivity contribution in [3.8, 4) is 0 Å². The quantitative estimate of drug-likeness (QED) is 0.789. The summed E-state index contributed by atoms with van der Waals surface area (Å²) in [6.07, 6.45) is 3.69. The maximum atomic E-state index is 12.5. The van der Waals surface area contributed by atoms with Crippen LogP contribution < -0.4 is 0 Å². The van der Waals surface area contributed by atoms with E-state index >= 15 is 0 Å². The number of likely N-dealkylation sites (tertiary alicyclic amines) is 1. The molecule has 0 radical (unpaired) electrons. The van der Waals surface area contributed by atoms with Crippen molar-refractivity contribution in [2.45, 2.75) is 25.7 Å². The first-order valence-electron chi connectivity index (χ1n) is 8.50. The van der Waals surface area contributed by atoms with Crippen LogP contribution in [0.5, 0.6) is 0 Å². The van der Waals surface area contributed by atoms with E-state index in [0.29, 0.717) is 12.3 Å². The van der Waals surface area contributed by atoms with Gasteiger partial charge in [0.15, 0.2) is 0 Å². The number of thiophene rings is 1. The number of carbonyl (C=O) groups excluding carboxylic acids is 1. The third-order valence-electron chi connectivity index (χ3n) is 4.73. The summed E-state index contributed by atoms with van der Waals surface area (Å²) in [6.45, 7) is 1.74. The molecule has 0 spiro atoms. The number of hydrogen-bond acceptors (Lipinski definition) is 3. The third-order valence-corrected chi connectivity index (χ3v) is 5.46. The maximum absolute atomic E-state index is 12.5. The second-order valence-corrected chi connectivity index (χ2v) is 7.34. The lowest BCUT2D eigenvalue weighted by Crippen LogP contribution is -2.41. The van der Waals surface area contributed by atoms with Gasteiger partial charge in [0.2, 0.25) is 5.91 Å². The lowest BCUT2D eigenvalue weighted by molar-refractivity contribution is -0.132.